The molecule has 222 valence electrons. The summed E-state index contributed by atoms with van der Waals surface area (Å²) in [6, 6.07) is 31.3. The van der Waals surface area contributed by atoms with E-state index in [2.05, 4.69) is 42.8 Å². The molecule has 11 heteroatoms. The van der Waals surface area contributed by atoms with Gasteiger partial charge in [0.2, 0.25) is 5.95 Å². The maximum absolute atomic E-state index is 13.6. The van der Waals surface area contributed by atoms with Crippen LogP contribution in [-0.2, 0) is 13.6 Å². The number of aromatic nitrogens is 5. The van der Waals surface area contributed by atoms with Crippen molar-refractivity contribution in [2.24, 2.45) is 7.05 Å². The third kappa shape index (κ3) is 6.54. The molecule has 0 bridgehead atoms. The van der Waals surface area contributed by atoms with Gasteiger partial charge in [-0.3, -0.25) is 4.68 Å². The molecular weight excluding hydrogens is 576 g/mol. The van der Waals surface area contributed by atoms with Gasteiger partial charge in [-0.05, 0) is 54.1 Å². The predicted octanol–water partition coefficient (Wildman–Crippen LogP) is 6.47. The molecule has 3 heterocycles. The zero-order chi connectivity index (χ0) is 31.9. The normalized spacial score (nSPS) is 10.4. The first-order valence-corrected chi connectivity index (χ1v) is 14.2. The molecule has 3 aromatic carbocycles. The summed E-state index contributed by atoms with van der Waals surface area (Å²) < 4.78 is 1.72. The van der Waals surface area contributed by atoms with Gasteiger partial charge in [-0.15, -0.1) is 0 Å². The van der Waals surface area contributed by atoms with Gasteiger partial charge in [0.15, 0.2) is 0 Å². The number of hydrogen-bond donors (Lipinski definition) is 2. The number of hydrogen-bond acceptors (Lipinski definition) is 8. The average molecular weight is 603 g/mol. The van der Waals surface area contributed by atoms with Crippen molar-refractivity contribution in [3.05, 3.63) is 132 Å². The highest BCUT2D eigenvalue weighted by Gasteiger charge is 2.20. The Kier molecular flexibility index (Phi) is 8.39. The van der Waals surface area contributed by atoms with E-state index in [4.69, 9.17) is 5.26 Å². The molecule has 0 spiro atoms. The molecule has 46 heavy (non-hydrogen) atoms. The quantitative estimate of drug-likeness (QED) is 0.201. The Hall–Kier alpha value is -6.85. The second-order valence-corrected chi connectivity index (χ2v) is 10.2. The van der Waals surface area contributed by atoms with Crippen molar-refractivity contribution < 1.29 is 4.79 Å². The number of nitriles is 2. The van der Waals surface area contributed by atoms with Crippen molar-refractivity contribution in [2.75, 3.05) is 10.2 Å². The molecule has 0 atom stereocenters. The van der Waals surface area contributed by atoms with Crippen LogP contribution in [0.25, 0.3) is 22.4 Å². The van der Waals surface area contributed by atoms with Crippen molar-refractivity contribution in [2.45, 2.75) is 6.54 Å². The zero-order valence-corrected chi connectivity index (χ0v) is 24.7. The standard InChI is InChI=1S/C35H26N10O/c1-44-23-29(22-41-44)27-11-16-32(38-20-27)45(35(46)40-19-25-5-3-2-4-6-25)31-14-12-30(13-15-31)42-34-39-21-28(18-37)33(43-34)26-9-7-24(17-36)8-10-26/h2-16,20-23H,19H2,1H3,(H,40,46)(H,39,42,43). The lowest BCUT2D eigenvalue weighted by Crippen LogP contribution is -2.37. The van der Waals surface area contributed by atoms with Gasteiger partial charge in [0.1, 0.15) is 11.9 Å². The Labute approximate surface area is 265 Å². The first-order valence-electron chi connectivity index (χ1n) is 14.2. The van der Waals surface area contributed by atoms with Crippen LogP contribution in [0.1, 0.15) is 16.7 Å². The summed E-state index contributed by atoms with van der Waals surface area (Å²) in [5.74, 6) is 0.734. The Morgan fingerprint density at radius 3 is 2.24 bits per heavy atom. The fraction of sp³-hybridized carbons (Fsp3) is 0.0571. The van der Waals surface area contributed by atoms with Crippen LogP contribution < -0.4 is 15.5 Å². The minimum atomic E-state index is -0.339. The van der Waals surface area contributed by atoms with E-state index >= 15 is 0 Å². The fourth-order valence-corrected chi connectivity index (χ4v) is 4.74. The minimum absolute atomic E-state index is 0.288. The zero-order valence-electron chi connectivity index (χ0n) is 24.7. The van der Waals surface area contributed by atoms with Crippen LogP contribution in [0.3, 0.4) is 0 Å². The molecule has 0 aliphatic rings. The van der Waals surface area contributed by atoms with Crippen molar-refractivity contribution >= 4 is 29.2 Å². The lowest BCUT2D eigenvalue weighted by molar-refractivity contribution is 0.248. The maximum Gasteiger partial charge on any atom is 0.327 e. The molecule has 2 N–H and O–H groups in total. The molecule has 0 unspecified atom stereocenters. The lowest BCUT2D eigenvalue weighted by atomic mass is 10.1. The Bertz CT molecular complexity index is 2060. The Balaban J connectivity index is 1.26. The first kappa shape index (κ1) is 29.2. The number of carbonyl (C=O) groups is 1. The molecule has 0 fully saturated rings. The van der Waals surface area contributed by atoms with E-state index in [1.165, 1.54) is 11.1 Å². The molecule has 0 radical (unpaired) electrons. The van der Waals surface area contributed by atoms with Crippen LogP contribution in [0.5, 0.6) is 0 Å². The van der Waals surface area contributed by atoms with Gasteiger partial charge in [0.25, 0.3) is 0 Å². The Morgan fingerprint density at radius 2 is 1.59 bits per heavy atom. The third-order valence-corrected chi connectivity index (χ3v) is 7.08. The van der Waals surface area contributed by atoms with Crippen LogP contribution in [0, 0.1) is 22.7 Å². The second kappa shape index (κ2) is 13.2. The van der Waals surface area contributed by atoms with E-state index in [0.29, 0.717) is 46.1 Å². The number of urea groups is 1. The van der Waals surface area contributed by atoms with Crippen LogP contribution in [-0.4, -0.2) is 30.8 Å². The van der Waals surface area contributed by atoms with Crippen LogP contribution in [0.15, 0.2) is 116 Å². The van der Waals surface area contributed by atoms with Gasteiger partial charge in [-0.25, -0.2) is 24.6 Å². The van der Waals surface area contributed by atoms with Gasteiger partial charge >= 0.3 is 6.03 Å². The van der Waals surface area contributed by atoms with Crippen molar-refractivity contribution in [3.8, 4) is 34.5 Å². The summed E-state index contributed by atoms with van der Waals surface area (Å²) in [7, 11) is 1.85. The number of amides is 2. The van der Waals surface area contributed by atoms with Gasteiger partial charge in [0, 0.05) is 48.4 Å². The topological polar surface area (TPSA) is 148 Å². The van der Waals surface area contributed by atoms with E-state index in [9.17, 15) is 10.1 Å². The van der Waals surface area contributed by atoms with Gasteiger partial charge in [-0.2, -0.15) is 15.6 Å². The SMILES string of the molecule is Cn1cc(-c2ccc(N(C(=O)NCc3ccccc3)c3ccc(Nc4ncc(C#N)c(-c5ccc(C#N)cc5)n4)cc3)nc2)cn1. The number of nitrogens with zero attached hydrogens (tertiary/aromatic N) is 8. The number of nitrogens with one attached hydrogen (secondary N) is 2. The Morgan fingerprint density at radius 1 is 0.826 bits per heavy atom. The van der Waals surface area contributed by atoms with Crippen LogP contribution >= 0.6 is 0 Å². The molecule has 0 saturated heterocycles. The van der Waals surface area contributed by atoms with E-state index < -0.39 is 0 Å². The molecule has 6 rings (SSSR count). The molecule has 6 aromatic rings. The molecule has 0 aliphatic carbocycles. The number of rotatable bonds is 8. The summed E-state index contributed by atoms with van der Waals surface area (Å²) in [6.45, 7) is 0.348. The van der Waals surface area contributed by atoms with Gasteiger partial charge in [-0.1, -0.05) is 42.5 Å². The van der Waals surface area contributed by atoms with Crippen LogP contribution in [0.4, 0.5) is 27.9 Å². The maximum atomic E-state index is 13.6. The van der Waals surface area contributed by atoms with Crippen molar-refractivity contribution in [1.82, 2.24) is 30.0 Å². The number of carbonyl (C=O) groups excluding carboxylic acids is 1. The first-order chi connectivity index (χ1) is 22.5. The number of benzene rings is 3. The van der Waals surface area contributed by atoms with E-state index in [1.807, 2.05) is 49.6 Å². The summed E-state index contributed by atoms with van der Waals surface area (Å²) in [6.07, 6.45) is 6.83. The number of aryl methyl sites for hydroxylation is 1. The van der Waals surface area contributed by atoms with Crippen molar-refractivity contribution in [1.29, 1.82) is 10.5 Å². The highest BCUT2D eigenvalue weighted by atomic mass is 16.2. The van der Waals surface area contributed by atoms with Gasteiger partial charge in [0.05, 0.1) is 41.0 Å². The highest BCUT2D eigenvalue weighted by molar-refractivity contribution is 5.98. The molecule has 2 amide bonds. The number of anilines is 4. The minimum Gasteiger partial charge on any atom is -0.333 e. The summed E-state index contributed by atoms with van der Waals surface area (Å²) in [4.78, 5) is 28.6. The highest BCUT2D eigenvalue weighted by Crippen LogP contribution is 2.29. The summed E-state index contributed by atoms with van der Waals surface area (Å²) >= 11 is 0. The molecule has 0 aliphatic heterocycles. The predicted molar refractivity (Wildman–Crippen MR) is 174 cm³/mol. The second-order valence-electron chi connectivity index (χ2n) is 10.2. The van der Waals surface area contributed by atoms with E-state index in [1.54, 1.807) is 71.7 Å². The fourth-order valence-electron chi connectivity index (χ4n) is 4.74. The van der Waals surface area contributed by atoms with Crippen LogP contribution in [0.2, 0.25) is 0 Å². The average Bonchev–Trinajstić information content (AvgIpc) is 3.55. The van der Waals surface area contributed by atoms with Crippen molar-refractivity contribution in [3.63, 3.8) is 0 Å². The monoisotopic (exact) mass is 602 g/mol. The number of pyridine rings is 1. The molecule has 3 aromatic heterocycles. The lowest BCUT2D eigenvalue weighted by Gasteiger charge is -2.23. The van der Waals surface area contributed by atoms with E-state index in [-0.39, 0.29) is 12.0 Å². The van der Waals surface area contributed by atoms with Gasteiger partial charge < -0.3 is 10.6 Å². The molecule has 11 nitrogen and oxygen atoms in total. The molecule has 0 saturated carbocycles. The smallest absolute Gasteiger partial charge is 0.327 e. The third-order valence-electron chi connectivity index (χ3n) is 7.08. The largest absolute Gasteiger partial charge is 0.333 e. The summed E-state index contributed by atoms with van der Waals surface area (Å²) in [5, 5.41) is 29.1. The molecular formula is C35H26N10O. The van der Waals surface area contributed by atoms with E-state index in [0.717, 1.165) is 16.7 Å². The summed E-state index contributed by atoms with van der Waals surface area (Å²) in [5.41, 5.74) is 5.99.